The molecule has 1 aliphatic carbocycles. The van der Waals surface area contributed by atoms with E-state index in [1.54, 1.807) is 11.3 Å². The molecule has 2 heterocycles. The third-order valence-corrected chi connectivity index (χ3v) is 4.42. The Morgan fingerprint density at radius 1 is 1.42 bits per heavy atom. The lowest BCUT2D eigenvalue weighted by Gasteiger charge is -2.09. The van der Waals surface area contributed by atoms with Gasteiger partial charge >= 0.3 is 0 Å². The molecule has 19 heavy (non-hydrogen) atoms. The van der Waals surface area contributed by atoms with Crippen molar-refractivity contribution in [3.63, 3.8) is 0 Å². The monoisotopic (exact) mass is 274 g/mol. The molecule has 0 spiro atoms. The number of nitro groups is 1. The number of nitrogens with one attached hydrogen (secondary N) is 1. The predicted molar refractivity (Wildman–Crippen MR) is 75.4 cm³/mol. The summed E-state index contributed by atoms with van der Waals surface area (Å²) in [5, 5.41) is 12.9. The molecule has 4 nitrogen and oxygen atoms in total. The standard InChI is InChI=1S/C14H14N2O2S/c17-16(18)9-11(14-6-3-7-19-14)13-8-10-4-1-2-5-12(10)15-13/h1-3,6-8,11,15H,4-5,9H2/t11-/m1/s1. The number of aromatic amines is 1. The lowest BCUT2D eigenvalue weighted by Crippen LogP contribution is -2.13. The zero-order chi connectivity index (χ0) is 13.2. The van der Waals surface area contributed by atoms with Crippen molar-refractivity contribution in [3.8, 4) is 0 Å². The Kier molecular flexibility index (Phi) is 3.21. The van der Waals surface area contributed by atoms with Crippen molar-refractivity contribution < 1.29 is 4.92 Å². The van der Waals surface area contributed by atoms with Gasteiger partial charge in [0.15, 0.2) is 0 Å². The molecular weight excluding hydrogens is 260 g/mol. The Bertz CT molecular complexity index is 588. The van der Waals surface area contributed by atoms with Crippen molar-refractivity contribution in [1.82, 2.24) is 4.98 Å². The van der Waals surface area contributed by atoms with E-state index in [1.807, 2.05) is 17.5 Å². The maximum absolute atomic E-state index is 10.9. The summed E-state index contributed by atoms with van der Waals surface area (Å²) in [5.41, 5.74) is 3.43. The molecule has 3 rings (SSSR count). The van der Waals surface area contributed by atoms with Gasteiger partial charge in [-0.3, -0.25) is 10.1 Å². The topological polar surface area (TPSA) is 58.9 Å². The van der Waals surface area contributed by atoms with Crippen molar-refractivity contribution in [2.24, 2.45) is 0 Å². The van der Waals surface area contributed by atoms with Crippen LogP contribution in [-0.4, -0.2) is 16.5 Å². The van der Waals surface area contributed by atoms with E-state index in [0.717, 1.165) is 23.4 Å². The second-order valence-corrected chi connectivity index (χ2v) is 5.67. The fraction of sp³-hybridized carbons (Fsp3) is 0.286. The molecule has 0 bridgehead atoms. The van der Waals surface area contributed by atoms with Gasteiger partial charge in [0, 0.05) is 27.6 Å². The van der Waals surface area contributed by atoms with Gasteiger partial charge in [0.05, 0.1) is 5.92 Å². The summed E-state index contributed by atoms with van der Waals surface area (Å²) < 4.78 is 0. The minimum atomic E-state index is -0.234. The van der Waals surface area contributed by atoms with Gasteiger partial charge in [-0.15, -0.1) is 11.3 Å². The second-order valence-electron chi connectivity index (χ2n) is 4.69. The summed E-state index contributed by atoms with van der Waals surface area (Å²) in [6.45, 7) is -0.0622. The van der Waals surface area contributed by atoms with E-state index in [-0.39, 0.29) is 17.4 Å². The molecule has 0 aromatic carbocycles. The highest BCUT2D eigenvalue weighted by Gasteiger charge is 2.24. The van der Waals surface area contributed by atoms with Crippen LogP contribution >= 0.6 is 11.3 Å². The molecule has 2 aromatic rings. The minimum Gasteiger partial charge on any atom is -0.361 e. The van der Waals surface area contributed by atoms with Crippen LogP contribution in [0.3, 0.4) is 0 Å². The van der Waals surface area contributed by atoms with E-state index in [1.165, 1.54) is 11.3 Å². The van der Waals surface area contributed by atoms with Crippen LogP contribution in [0.5, 0.6) is 0 Å². The molecule has 2 aromatic heterocycles. The molecule has 5 heteroatoms. The Hall–Kier alpha value is -1.88. The highest BCUT2D eigenvalue weighted by molar-refractivity contribution is 7.10. The fourth-order valence-corrected chi connectivity index (χ4v) is 3.35. The second kappa shape index (κ2) is 5.01. The summed E-state index contributed by atoms with van der Waals surface area (Å²) in [4.78, 5) is 15.1. The van der Waals surface area contributed by atoms with Gasteiger partial charge in [-0.25, -0.2) is 0 Å². The number of H-pyrrole nitrogens is 1. The van der Waals surface area contributed by atoms with Crippen LogP contribution in [-0.2, 0) is 12.8 Å². The van der Waals surface area contributed by atoms with E-state index >= 15 is 0 Å². The number of aromatic nitrogens is 1. The van der Waals surface area contributed by atoms with E-state index in [0.29, 0.717) is 0 Å². The number of hydrogen-bond donors (Lipinski definition) is 1. The molecule has 0 fully saturated rings. The van der Waals surface area contributed by atoms with Gasteiger partial charge in [0.2, 0.25) is 6.54 Å². The van der Waals surface area contributed by atoms with Gasteiger partial charge in [0.25, 0.3) is 0 Å². The van der Waals surface area contributed by atoms with Gasteiger partial charge in [-0.05, 0) is 29.5 Å². The molecule has 0 unspecified atom stereocenters. The zero-order valence-electron chi connectivity index (χ0n) is 10.3. The molecule has 1 atom stereocenters. The quantitative estimate of drug-likeness (QED) is 0.529. The number of hydrogen-bond acceptors (Lipinski definition) is 3. The van der Waals surface area contributed by atoms with E-state index in [2.05, 4.69) is 23.2 Å². The van der Waals surface area contributed by atoms with Crippen molar-refractivity contribution in [2.75, 3.05) is 6.54 Å². The summed E-state index contributed by atoms with van der Waals surface area (Å²) in [6.07, 6.45) is 6.09. The van der Waals surface area contributed by atoms with Crippen molar-refractivity contribution in [1.29, 1.82) is 0 Å². The molecule has 1 aliphatic rings. The van der Waals surface area contributed by atoms with Crippen LogP contribution < -0.4 is 0 Å². The predicted octanol–water partition coefficient (Wildman–Crippen LogP) is 3.14. The van der Waals surface area contributed by atoms with E-state index in [9.17, 15) is 10.1 Å². The molecule has 0 saturated heterocycles. The number of allylic oxidation sites excluding steroid dienone is 2. The molecule has 0 amide bonds. The van der Waals surface area contributed by atoms with Crippen molar-refractivity contribution in [3.05, 3.63) is 67.7 Å². The number of fused-ring (bicyclic) bond motifs is 1. The summed E-state index contributed by atoms with van der Waals surface area (Å²) in [6, 6.07) is 6.00. The maximum Gasteiger partial charge on any atom is 0.216 e. The van der Waals surface area contributed by atoms with Crippen LogP contribution in [0.25, 0.3) is 0 Å². The average molecular weight is 274 g/mol. The first-order chi connectivity index (χ1) is 9.24. The lowest BCUT2D eigenvalue weighted by molar-refractivity contribution is -0.481. The number of thiophene rings is 1. The van der Waals surface area contributed by atoms with Crippen LogP contribution in [0.4, 0.5) is 0 Å². The molecule has 98 valence electrons. The van der Waals surface area contributed by atoms with Gasteiger partial charge in [-0.2, -0.15) is 0 Å². The minimum absolute atomic E-state index is 0.0622. The first kappa shape index (κ1) is 12.2. The maximum atomic E-state index is 10.9. The Labute approximate surface area is 114 Å². The summed E-state index contributed by atoms with van der Waals surface area (Å²) >= 11 is 1.57. The Morgan fingerprint density at radius 2 is 2.26 bits per heavy atom. The van der Waals surface area contributed by atoms with Crippen LogP contribution in [0.15, 0.2) is 35.7 Å². The van der Waals surface area contributed by atoms with Crippen LogP contribution in [0.2, 0.25) is 0 Å². The zero-order valence-corrected chi connectivity index (χ0v) is 11.2. The molecular formula is C14H14N2O2S. The molecule has 0 saturated carbocycles. The highest BCUT2D eigenvalue weighted by atomic mass is 32.1. The van der Waals surface area contributed by atoms with Gasteiger partial charge < -0.3 is 4.98 Å². The van der Waals surface area contributed by atoms with Crippen LogP contribution in [0.1, 0.15) is 27.7 Å². The smallest absolute Gasteiger partial charge is 0.216 e. The van der Waals surface area contributed by atoms with Crippen LogP contribution in [0, 0.1) is 10.1 Å². The van der Waals surface area contributed by atoms with E-state index in [4.69, 9.17) is 0 Å². The molecule has 0 aliphatic heterocycles. The third kappa shape index (κ3) is 2.46. The third-order valence-electron chi connectivity index (χ3n) is 3.43. The largest absolute Gasteiger partial charge is 0.361 e. The first-order valence-electron chi connectivity index (χ1n) is 6.25. The normalized spacial score (nSPS) is 15.2. The lowest BCUT2D eigenvalue weighted by atomic mass is 10.0. The summed E-state index contributed by atoms with van der Waals surface area (Å²) in [5.74, 6) is -0.166. The van der Waals surface area contributed by atoms with Gasteiger partial charge in [-0.1, -0.05) is 18.2 Å². The number of nitrogens with zero attached hydrogens (tertiary/aromatic N) is 1. The van der Waals surface area contributed by atoms with Crippen molar-refractivity contribution in [2.45, 2.75) is 18.8 Å². The molecule has 1 N–H and O–H groups in total. The summed E-state index contributed by atoms with van der Waals surface area (Å²) in [7, 11) is 0. The average Bonchev–Trinajstić information content (AvgIpc) is 3.04. The number of rotatable bonds is 4. The Balaban J connectivity index is 1.95. The Morgan fingerprint density at radius 3 is 2.95 bits per heavy atom. The first-order valence-corrected chi connectivity index (χ1v) is 7.13. The fourth-order valence-electron chi connectivity index (χ4n) is 2.51. The van der Waals surface area contributed by atoms with Gasteiger partial charge in [0.1, 0.15) is 0 Å². The van der Waals surface area contributed by atoms with E-state index < -0.39 is 0 Å². The SMILES string of the molecule is O=[N+]([O-])C[C@H](c1cc2c([nH]1)CC=CC2)c1cccs1. The molecule has 0 radical (unpaired) electrons. The van der Waals surface area contributed by atoms with Crippen molar-refractivity contribution >= 4 is 11.3 Å². The highest BCUT2D eigenvalue weighted by Crippen LogP contribution is 2.30.